The second kappa shape index (κ2) is 9.18. The topological polar surface area (TPSA) is 99.9 Å². The first-order chi connectivity index (χ1) is 15.6. The molecule has 1 unspecified atom stereocenters. The molecule has 3 saturated carbocycles. The highest BCUT2D eigenvalue weighted by molar-refractivity contribution is 5.87. The van der Waals surface area contributed by atoms with Crippen molar-refractivity contribution in [1.82, 2.24) is 4.98 Å². The number of nitrogens with zero attached hydrogens (tertiary/aromatic N) is 1. The summed E-state index contributed by atoms with van der Waals surface area (Å²) in [4.78, 5) is 15.2. The van der Waals surface area contributed by atoms with Gasteiger partial charge in [-0.2, -0.15) is 0 Å². The molecule has 3 aliphatic rings. The molecule has 8 atom stereocenters. The second-order valence-corrected chi connectivity index (χ2v) is 11.7. The lowest BCUT2D eigenvalue weighted by molar-refractivity contribution is -0.203. The van der Waals surface area contributed by atoms with Gasteiger partial charge in [-0.25, -0.2) is 9.78 Å². The van der Waals surface area contributed by atoms with Crippen molar-refractivity contribution in [3.05, 3.63) is 23.9 Å². The summed E-state index contributed by atoms with van der Waals surface area (Å²) >= 11 is 0. The van der Waals surface area contributed by atoms with Gasteiger partial charge in [0.25, 0.3) is 0 Å². The Balaban J connectivity index is 1.53. The molecule has 0 radical (unpaired) electrons. The van der Waals surface area contributed by atoms with Crippen LogP contribution in [0.5, 0.6) is 5.88 Å². The van der Waals surface area contributed by atoms with Gasteiger partial charge in [0.05, 0.1) is 24.4 Å². The summed E-state index contributed by atoms with van der Waals surface area (Å²) in [6.45, 7) is 9.80. The van der Waals surface area contributed by atoms with Crippen molar-refractivity contribution in [1.29, 1.82) is 0 Å². The van der Waals surface area contributed by atoms with E-state index >= 15 is 0 Å². The number of hydrogen-bond acceptors (Lipinski definition) is 5. The van der Waals surface area contributed by atoms with E-state index in [2.05, 4.69) is 32.7 Å². The first-order valence-electron chi connectivity index (χ1n) is 12.8. The van der Waals surface area contributed by atoms with Gasteiger partial charge < -0.3 is 20.1 Å². The minimum absolute atomic E-state index is 0.113. The Bertz CT molecular complexity index is 839. The molecule has 6 heteroatoms. The van der Waals surface area contributed by atoms with Gasteiger partial charge in [-0.1, -0.05) is 34.1 Å². The van der Waals surface area contributed by atoms with Crippen molar-refractivity contribution >= 4 is 5.97 Å². The molecule has 33 heavy (non-hydrogen) atoms. The largest absolute Gasteiger partial charge is 0.478 e. The van der Waals surface area contributed by atoms with Crippen LogP contribution in [-0.4, -0.2) is 45.1 Å². The highest BCUT2D eigenvalue weighted by Gasteiger charge is 2.61. The summed E-state index contributed by atoms with van der Waals surface area (Å²) in [5.74, 6) is 1.10. The molecule has 0 aromatic carbocycles. The van der Waals surface area contributed by atoms with Crippen LogP contribution in [0.2, 0.25) is 0 Å². The van der Waals surface area contributed by atoms with Gasteiger partial charge in [0.1, 0.15) is 0 Å². The van der Waals surface area contributed by atoms with Gasteiger partial charge in [0, 0.05) is 12.3 Å². The molecule has 3 N–H and O–H groups in total. The Labute approximate surface area is 197 Å². The fraction of sp³-hybridized carbons (Fsp3) is 0.778. The number of carboxylic acids is 1. The standard InChI is InChI=1S/C27H41NO5/c1-5-18-21-14-17(29)8-12-27(21,4)20-9-11-26(2,3)19(23(20)24(18)30)10-13-33-22-7-6-16(15-28-22)25(31)32/h6-7,15,17-21,23-24,29-30H,5,8-14H2,1-4H3,(H,31,32)/t17-,18-,19?,20+,21+,23+,24-,27-/m1/s1. The van der Waals surface area contributed by atoms with Gasteiger partial charge in [0.2, 0.25) is 5.88 Å². The van der Waals surface area contributed by atoms with Crippen molar-refractivity contribution in [2.75, 3.05) is 6.61 Å². The van der Waals surface area contributed by atoms with Gasteiger partial charge in [-0.05, 0) is 85.0 Å². The van der Waals surface area contributed by atoms with E-state index in [1.807, 2.05) is 0 Å². The Hall–Kier alpha value is -1.66. The van der Waals surface area contributed by atoms with Crippen molar-refractivity contribution in [3.63, 3.8) is 0 Å². The summed E-state index contributed by atoms with van der Waals surface area (Å²) in [7, 11) is 0. The monoisotopic (exact) mass is 459 g/mol. The molecule has 0 saturated heterocycles. The lowest BCUT2D eigenvalue weighted by Gasteiger charge is -2.64. The predicted molar refractivity (Wildman–Crippen MR) is 126 cm³/mol. The molecular formula is C27H41NO5. The average Bonchev–Trinajstić information content (AvgIpc) is 2.77. The van der Waals surface area contributed by atoms with Crippen molar-refractivity contribution in [2.24, 2.45) is 40.4 Å². The van der Waals surface area contributed by atoms with E-state index in [4.69, 9.17) is 9.84 Å². The number of pyridine rings is 1. The molecule has 1 aromatic rings. The number of aromatic carboxylic acids is 1. The van der Waals surface area contributed by atoms with E-state index in [9.17, 15) is 15.0 Å². The van der Waals surface area contributed by atoms with Gasteiger partial charge in [-0.15, -0.1) is 0 Å². The molecule has 0 spiro atoms. The van der Waals surface area contributed by atoms with Crippen LogP contribution < -0.4 is 4.74 Å². The first kappa shape index (κ1) is 24.5. The Morgan fingerprint density at radius 1 is 1.15 bits per heavy atom. The molecule has 6 nitrogen and oxygen atoms in total. The third-order valence-corrected chi connectivity index (χ3v) is 9.75. The molecule has 184 valence electrons. The van der Waals surface area contributed by atoms with E-state index < -0.39 is 5.97 Å². The zero-order valence-electron chi connectivity index (χ0n) is 20.5. The number of carbonyl (C=O) groups is 1. The SMILES string of the molecule is CC[C@H]1[C@@H](O)[C@H]2C(CCOc3ccc(C(=O)O)cn3)C(C)(C)CC[C@@H]2[C@@]2(C)CC[C@@H](O)C[C@@H]12. The van der Waals surface area contributed by atoms with Crippen LogP contribution >= 0.6 is 0 Å². The van der Waals surface area contributed by atoms with E-state index in [1.54, 1.807) is 6.07 Å². The van der Waals surface area contributed by atoms with Gasteiger partial charge >= 0.3 is 5.97 Å². The Kier molecular flexibility index (Phi) is 6.81. The van der Waals surface area contributed by atoms with Crippen LogP contribution in [-0.2, 0) is 0 Å². The summed E-state index contributed by atoms with van der Waals surface area (Å²) in [5.41, 5.74) is 0.435. The summed E-state index contributed by atoms with van der Waals surface area (Å²) in [6.07, 6.45) is 7.56. The van der Waals surface area contributed by atoms with Crippen LogP contribution in [0.15, 0.2) is 18.3 Å². The molecule has 1 aromatic heterocycles. The minimum atomic E-state index is -0.997. The normalized spacial score (nSPS) is 39.9. The number of hydrogen-bond donors (Lipinski definition) is 3. The van der Waals surface area contributed by atoms with Crippen molar-refractivity contribution in [2.45, 2.75) is 84.8 Å². The number of aliphatic hydroxyl groups is 2. The summed E-state index contributed by atoms with van der Waals surface area (Å²) < 4.78 is 5.93. The lowest BCUT2D eigenvalue weighted by atomic mass is 9.41. The first-order valence-corrected chi connectivity index (χ1v) is 12.8. The van der Waals surface area contributed by atoms with Crippen molar-refractivity contribution < 1.29 is 24.9 Å². The average molecular weight is 460 g/mol. The molecule has 3 aliphatic carbocycles. The number of aromatic nitrogens is 1. The highest BCUT2D eigenvalue weighted by Crippen LogP contribution is 2.65. The van der Waals surface area contributed by atoms with E-state index in [-0.39, 0.29) is 40.4 Å². The zero-order chi connectivity index (χ0) is 24.0. The lowest BCUT2D eigenvalue weighted by Crippen LogP contribution is -2.62. The second-order valence-electron chi connectivity index (χ2n) is 11.7. The fourth-order valence-electron chi connectivity index (χ4n) is 7.93. The molecular weight excluding hydrogens is 418 g/mol. The number of rotatable bonds is 6. The van der Waals surface area contributed by atoms with Crippen LogP contribution in [0, 0.1) is 40.4 Å². The van der Waals surface area contributed by atoms with Crippen molar-refractivity contribution in [3.8, 4) is 5.88 Å². The highest BCUT2D eigenvalue weighted by atomic mass is 16.5. The molecule has 0 bridgehead atoms. The number of aliphatic hydroxyl groups excluding tert-OH is 2. The van der Waals surface area contributed by atoms with Crippen LogP contribution in [0.3, 0.4) is 0 Å². The smallest absolute Gasteiger partial charge is 0.337 e. The van der Waals surface area contributed by atoms with E-state index in [0.29, 0.717) is 30.2 Å². The third kappa shape index (κ3) is 4.41. The van der Waals surface area contributed by atoms with Gasteiger partial charge in [0.15, 0.2) is 0 Å². The Morgan fingerprint density at radius 3 is 2.55 bits per heavy atom. The number of fused-ring (bicyclic) bond motifs is 3. The molecule has 0 aliphatic heterocycles. The molecule has 1 heterocycles. The third-order valence-electron chi connectivity index (χ3n) is 9.75. The maximum absolute atomic E-state index is 11.7. The maximum atomic E-state index is 11.7. The molecule has 3 fully saturated rings. The number of ether oxygens (including phenoxy) is 1. The maximum Gasteiger partial charge on any atom is 0.337 e. The molecule has 4 rings (SSSR count). The van der Waals surface area contributed by atoms with Gasteiger partial charge in [-0.3, -0.25) is 0 Å². The zero-order valence-corrected chi connectivity index (χ0v) is 20.5. The summed E-state index contributed by atoms with van der Waals surface area (Å²) in [6, 6.07) is 3.13. The van der Waals surface area contributed by atoms with Crippen LogP contribution in [0.25, 0.3) is 0 Å². The quantitative estimate of drug-likeness (QED) is 0.566. The minimum Gasteiger partial charge on any atom is -0.478 e. The number of carboxylic acid groups (broad SMARTS) is 1. The van der Waals surface area contributed by atoms with Crippen LogP contribution in [0.1, 0.15) is 83.0 Å². The van der Waals surface area contributed by atoms with Crippen LogP contribution in [0.4, 0.5) is 0 Å². The Morgan fingerprint density at radius 2 is 1.91 bits per heavy atom. The van der Waals surface area contributed by atoms with E-state index in [1.165, 1.54) is 12.3 Å². The fourth-order valence-corrected chi connectivity index (χ4v) is 7.93. The van der Waals surface area contributed by atoms with E-state index in [0.717, 1.165) is 44.9 Å². The predicted octanol–water partition coefficient (Wildman–Crippen LogP) is 4.79. The molecule has 0 amide bonds. The summed E-state index contributed by atoms with van der Waals surface area (Å²) in [5, 5.41) is 31.2.